The maximum Gasteiger partial charge on any atom is 0.337 e. The zero-order chi connectivity index (χ0) is 21.4. The van der Waals surface area contributed by atoms with Crippen molar-refractivity contribution in [1.29, 1.82) is 0 Å². The summed E-state index contributed by atoms with van der Waals surface area (Å²) in [4.78, 5) is 23.8. The van der Waals surface area contributed by atoms with E-state index in [1.54, 1.807) is 36.4 Å². The Kier molecular flexibility index (Phi) is 7.88. The largest absolute Gasteiger partial charge is 0.476 e. The van der Waals surface area contributed by atoms with Crippen molar-refractivity contribution in [3.63, 3.8) is 0 Å². The lowest BCUT2D eigenvalue weighted by atomic mass is 10.0. The SMILES string of the molecule is CC.CCCc1cc(C(=O)OC)ccc1O[C@@H](C(N)=O)c1ccc2c(c1)OCO2. The lowest BCUT2D eigenvalue weighted by molar-refractivity contribution is -0.125. The number of nitrogens with two attached hydrogens (primary N) is 1. The summed E-state index contributed by atoms with van der Waals surface area (Å²) in [5, 5.41) is 0. The fourth-order valence-electron chi connectivity index (χ4n) is 2.90. The van der Waals surface area contributed by atoms with Gasteiger partial charge in [0.15, 0.2) is 11.5 Å². The third-order valence-corrected chi connectivity index (χ3v) is 4.20. The van der Waals surface area contributed by atoms with Crippen LogP contribution in [-0.4, -0.2) is 25.8 Å². The number of fused-ring (bicyclic) bond motifs is 1. The third kappa shape index (κ3) is 5.19. The quantitative estimate of drug-likeness (QED) is 0.709. The average molecular weight is 401 g/mol. The van der Waals surface area contributed by atoms with Gasteiger partial charge in [0, 0.05) is 5.56 Å². The van der Waals surface area contributed by atoms with Gasteiger partial charge in [-0.25, -0.2) is 4.79 Å². The van der Waals surface area contributed by atoms with Gasteiger partial charge in [-0.15, -0.1) is 0 Å². The van der Waals surface area contributed by atoms with Gasteiger partial charge in [-0.2, -0.15) is 0 Å². The van der Waals surface area contributed by atoms with Crippen LogP contribution in [-0.2, 0) is 16.0 Å². The smallest absolute Gasteiger partial charge is 0.337 e. The molecule has 7 nitrogen and oxygen atoms in total. The van der Waals surface area contributed by atoms with Crippen LogP contribution in [0.25, 0.3) is 0 Å². The third-order valence-electron chi connectivity index (χ3n) is 4.20. The summed E-state index contributed by atoms with van der Waals surface area (Å²) < 4.78 is 21.4. The number of ether oxygens (including phenoxy) is 4. The summed E-state index contributed by atoms with van der Waals surface area (Å²) in [6.07, 6.45) is 0.512. The summed E-state index contributed by atoms with van der Waals surface area (Å²) in [6.45, 7) is 6.15. The molecule has 2 aromatic carbocycles. The second-order valence-electron chi connectivity index (χ2n) is 6.08. The Bertz CT molecular complexity index is 864. The first-order chi connectivity index (χ1) is 14.0. The Morgan fingerprint density at radius 1 is 1.10 bits per heavy atom. The highest BCUT2D eigenvalue weighted by atomic mass is 16.7. The molecule has 1 amide bonds. The topological polar surface area (TPSA) is 97.1 Å². The Morgan fingerprint density at radius 2 is 1.83 bits per heavy atom. The zero-order valence-corrected chi connectivity index (χ0v) is 17.2. The van der Waals surface area contributed by atoms with E-state index in [2.05, 4.69) is 0 Å². The maximum absolute atomic E-state index is 12.0. The predicted molar refractivity (Wildman–Crippen MR) is 108 cm³/mol. The lowest BCUT2D eigenvalue weighted by Crippen LogP contribution is -2.26. The van der Waals surface area contributed by atoms with Gasteiger partial charge >= 0.3 is 5.97 Å². The van der Waals surface area contributed by atoms with Crippen molar-refractivity contribution in [1.82, 2.24) is 0 Å². The Balaban J connectivity index is 0.00000145. The van der Waals surface area contributed by atoms with Gasteiger partial charge in [0.2, 0.25) is 12.9 Å². The molecule has 1 atom stereocenters. The summed E-state index contributed by atoms with van der Waals surface area (Å²) in [6, 6.07) is 10.1. The van der Waals surface area contributed by atoms with E-state index in [0.717, 1.165) is 12.0 Å². The average Bonchev–Trinajstić information content (AvgIpc) is 3.21. The molecule has 0 aromatic heterocycles. The van der Waals surface area contributed by atoms with Gasteiger partial charge in [-0.05, 0) is 42.3 Å². The van der Waals surface area contributed by atoms with E-state index in [1.807, 2.05) is 20.8 Å². The summed E-state index contributed by atoms with van der Waals surface area (Å²) in [5.74, 6) is 0.577. The number of amides is 1. The fourth-order valence-corrected chi connectivity index (χ4v) is 2.90. The van der Waals surface area contributed by atoms with Gasteiger partial charge in [-0.3, -0.25) is 4.79 Å². The van der Waals surface area contributed by atoms with Crippen molar-refractivity contribution >= 4 is 11.9 Å². The number of aryl methyl sites for hydroxylation is 1. The molecule has 29 heavy (non-hydrogen) atoms. The number of primary amides is 1. The van der Waals surface area contributed by atoms with Crippen LogP contribution in [0.5, 0.6) is 17.2 Å². The van der Waals surface area contributed by atoms with Crippen molar-refractivity contribution < 1.29 is 28.5 Å². The summed E-state index contributed by atoms with van der Waals surface area (Å²) in [7, 11) is 1.33. The Morgan fingerprint density at radius 3 is 2.48 bits per heavy atom. The van der Waals surface area contributed by atoms with Gasteiger partial charge < -0.3 is 24.7 Å². The first-order valence-electron chi connectivity index (χ1n) is 9.60. The second kappa shape index (κ2) is 10.4. The number of carbonyl (C=O) groups excluding carboxylic acids is 2. The van der Waals surface area contributed by atoms with Gasteiger partial charge in [0.25, 0.3) is 5.91 Å². The summed E-state index contributed by atoms with van der Waals surface area (Å²) >= 11 is 0. The monoisotopic (exact) mass is 401 g/mol. The molecule has 3 rings (SSSR count). The van der Waals surface area contributed by atoms with Gasteiger partial charge in [0.05, 0.1) is 12.7 Å². The van der Waals surface area contributed by atoms with Crippen LogP contribution < -0.4 is 19.9 Å². The molecular formula is C22H27NO6. The summed E-state index contributed by atoms with van der Waals surface area (Å²) in [5.41, 5.74) is 7.36. The molecule has 7 heteroatoms. The molecule has 156 valence electrons. The highest BCUT2D eigenvalue weighted by molar-refractivity contribution is 5.89. The number of rotatable bonds is 7. The first-order valence-corrected chi connectivity index (χ1v) is 9.60. The molecular weight excluding hydrogens is 374 g/mol. The van der Waals surface area contributed by atoms with Crippen LogP contribution in [0.15, 0.2) is 36.4 Å². The zero-order valence-electron chi connectivity index (χ0n) is 17.2. The van der Waals surface area contributed by atoms with Crippen molar-refractivity contribution in [2.45, 2.75) is 39.7 Å². The molecule has 0 unspecified atom stereocenters. The molecule has 0 radical (unpaired) electrons. The molecule has 0 aliphatic carbocycles. The minimum Gasteiger partial charge on any atom is -0.476 e. The highest BCUT2D eigenvalue weighted by Gasteiger charge is 2.24. The lowest BCUT2D eigenvalue weighted by Gasteiger charge is -2.19. The van der Waals surface area contributed by atoms with Gasteiger partial charge in [0.1, 0.15) is 5.75 Å². The number of methoxy groups -OCH3 is 1. The number of benzene rings is 2. The molecule has 2 N–H and O–H groups in total. The molecule has 1 heterocycles. The second-order valence-corrected chi connectivity index (χ2v) is 6.08. The molecule has 0 fully saturated rings. The minimum absolute atomic E-state index is 0.135. The van der Waals surface area contributed by atoms with E-state index in [1.165, 1.54) is 7.11 Å². The minimum atomic E-state index is -1.00. The van der Waals surface area contributed by atoms with Crippen LogP contribution in [0.3, 0.4) is 0 Å². The molecule has 0 bridgehead atoms. The predicted octanol–water partition coefficient (Wildman–Crippen LogP) is 3.79. The number of hydrogen-bond donors (Lipinski definition) is 1. The van der Waals surface area contributed by atoms with Crippen molar-refractivity contribution in [2.24, 2.45) is 5.73 Å². The van der Waals surface area contributed by atoms with E-state index in [0.29, 0.717) is 34.8 Å². The molecule has 0 saturated carbocycles. The fraction of sp³-hybridized carbons (Fsp3) is 0.364. The Labute approximate surface area is 170 Å². The number of carbonyl (C=O) groups is 2. The van der Waals surface area contributed by atoms with Crippen molar-refractivity contribution in [2.75, 3.05) is 13.9 Å². The van der Waals surface area contributed by atoms with E-state index in [4.69, 9.17) is 24.7 Å². The van der Waals surface area contributed by atoms with Crippen LogP contribution >= 0.6 is 0 Å². The van der Waals surface area contributed by atoms with E-state index >= 15 is 0 Å². The number of esters is 1. The van der Waals surface area contributed by atoms with E-state index in [9.17, 15) is 9.59 Å². The van der Waals surface area contributed by atoms with Crippen LogP contribution in [0.1, 0.15) is 54.8 Å². The molecule has 1 aliphatic heterocycles. The normalized spacial score (nSPS) is 12.4. The molecule has 0 saturated heterocycles. The molecule has 1 aliphatic rings. The number of hydrogen-bond acceptors (Lipinski definition) is 6. The van der Waals surface area contributed by atoms with Crippen molar-refractivity contribution in [3.8, 4) is 17.2 Å². The van der Waals surface area contributed by atoms with E-state index in [-0.39, 0.29) is 6.79 Å². The van der Waals surface area contributed by atoms with Crippen LogP contribution in [0.4, 0.5) is 0 Å². The van der Waals surface area contributed by atoms with Crippen LogP contribution in [0, 0.1) is 0 Å². The maximum atomic E-state index is 12.0. The highest BCUT2D eigenvalue weighted by Crippen LogP contribution is 2.36. The standard InChI is InChI=1S/C20H21NO6.C2H6/c1-3-4-12-9-14(20(23)24-2)6-7-15(12)27-18(19(21)22)13-5-8-16-17(10-13)26-11-25-16;1-2/h5-10,18H,3-4,11H2,1-2H3,(H2,21,22);1-2H3/t18-;/m1./s1. The molecule has 2 aromatic rings. The Hall–Kier alpha value is -3.22. The van der Waals surface area contributed by atoms with Crippen molar-refractivity contribution in [3.05, 3.63) is 53.1 Å². The first kappa shape index (κ1) is 22.1. The molecule has 0 spiro atoms. The van der Waals surface area contributed by atoms with Gasteiger partial charge in [-0.1, -0.05) is 33.3 Å². The van der Waals surface area contributed by atoms with Crippen LogP contribution in [0.2, 0.25) is 0 Å². The van der Waals surface area contributed by atoms with E-state index < -0.39 is 18.0 Å².